The minimum absolute atomic E-state index is 0.00296. The molecule has 1 aromatic heterocycles. The number of aromatic nitrogens is 1. The molecule has 4 aliphatic rings. The monoisotopic (exact) mass is 758 g/mol. The van der Waals surface area contributed by atoms with E-state index < -0.39 is 35.7 Å². The molecule has 0 saturated carbocycles. The molecule has 5 amide bonds. The fraction of sp³-hybridized carbons (Fsp3) is 0.450. The van der Waals surface area contributed by atoms with Gasteiger partial charge in [-0.3, -0.25) is 28.8 Å². The number of hydrogen-bond acceptors (Lipinski definition) is 9. The number of rotatable bonds is 4. The Bertz CT molecular complexity index is 1950. The average molecular weight is 759 g/mol. The van der Waals surface area contributed by atoms with Crippen molar-refractivity contribution >= 4 is 35.3 Å². The molecule has 7 rings (SSSR count). The third-order valence-electron chi connectivity index (χ3n) is 9.80. The van der Waals surface area contributed by atoms with Crippen molar-refractivity contribution in [1.82, 2.24) is 31.2 Å². The smallest absolute Gasteiger partial charge is 0.270 e. The van der Waals surface area contributed by atoms with Gasteiger partial charge < -0.3 is 45.4 Å². The van der Waals surface area contributed by atoms with Crippen molar-refractivity contribution in [2.24, 2.45) is 5.92 Å². The summed E-state index contributed by atoms with van der Waals surface area (Å²) in [6.45, 7) is 7.38. The molecule has 0 unspecified atom stereocenters. The molecule has 0 saturated heterocycles. The first-order valence-electron chi connectivity index (χ1n) is 18.5. The van der Waals surface area contributed by atoms with Gasteiger partial charge in [-0.2, -0.15) is 0 Å². The molecule has 4 heterocycles. The number of hydrogen-bond donors (Lipinski definition) is 5. The highest BCUT2D eigenvalue weighted by molar-refractivity contribution is 6.04. The number of carbonyl (C=O) groups is 6. The minimum Gasteiger partial charge on any atom is -0.493 e. The largest absolute Gasteiger partial charge is 0.493 e. The predicted octanol–water partition coefficient (Wildman–Crippen LogP) is 3.58. The van der Waals surface area contributed by atoms with Crippen LogP contribution < -0.4 is 35.5 Å². The average Bonchev–Trinajstić information content (AvgIpc) is 3.51. The lowest BCUT2D eigenvalue weighted by Gasteiger charge is -2.24. The summed E-state index contributed by atoms with van der Waals surface area (Å²) in [6.07, 6.45) is 2.03. The molecule has 15 heteroatoms. The number of methoxy groups -OCH3 is 2. The van der Waals surface area contributed by atoms with Crippen molar-refractivity contribution in [1.29, 1.82) is 0 Å². The Hall–Kier alpha value is -5.86. The zero-order valence-corrected chi connectivity index (χ0v) is 32.2. The highest BCUT2D eigenvalue weighted by Gasteiger charge is 2.30. The Morgan fingerprint density at radius 2 is 1.56 bits per heavy atom. The lowest BCUT2D eigenvalue weighted by atomic mass is 9.94. The third kappa shape index (κ3) is 9.63. The zero-order valence-electron chi connectivity index (χ0n) is 32.2. The molecule has 15 nitrogen and oxygen atoms in total. The van der Waals surface area contributed by atoms with Crippen LogP contribution in [-0.2, 0) is 27.3 Å². The summed E-state index contributed by atoms with van der Waals surface area (Å²) in [5.74, 6) is -1.00. The van der Waals surface area contributed by atoms with Crippen LogP contribution in [0.5, 0.6) is 23.0 Å². The molecule has 294 valence electrons. The van der Waals surface area contributed by atoms with Crippen LogP contribution in [0, 0.1) is 12.8 Å². The van der Waals surface area contributed by atoms with Gasteiger partial charge in [0.05, 0.1) is 14.2 Å². The molecule has 2 atom stereocenters. The van der Waals surface area contributed by atoms with Gasteiger partial charge in [-0.1, -0.05) is 19.9 Å². The van der Waals surface area contributed by atoms with Crippen LogP contribution in [0.15, 0.2) is 36.4 Å². The van der Waals surface area contributed by atoms with E-state index >= 15 is 0 Å². The van der Waals surface area contributed by atoms with Crippen LogP contribution in [0.3, 0.4) is 0 Å². The summed E-state index contributed by atoms with van der Waals surface area (Å²) in [5.41, 5.74) is 3.19. The Balaban J connectivity index is 1.41. The number of aryl methyl sites for hydroxylation is 1. The maximum Gasteiger partial charge on any atom is 0.270 e. The van der Waals surface area contributed by atoms with E-state index in [2.05, 4.69) is 26.3 Å². The van der Waals surface area contributed by atoms with Crippen molar-refractivity contribution in [3.8, 4) is 23.0 Å². The Morgan fingerprint density at radius 3 is 2.25 bits per heavy atom. The predicted molar refractivity (Wildman–Crippen MR) is 203 cm³/mol. The SMILES string of the molecule is COc1cc2ccc1Oc1ccc(cc1OC)C(=O)NCCN(C(=O)c1[nH]c3c(c1C)C(=O)CCC3)CCCC(=O)N[C@H](C)C(=O)N[C@@H](C(C)C)C(=O)NC2. The summed E-state index contributed by atoms with van der Waals surface area (Å²) >= 11 is 0. The number of benzene rings is 2. The molecule has 0 radical (unpaired) electrons. The number of carbonyl (C=O) groups excluding carboxylic acids is 6. The molecular formula is C40H50N6O9. The van der Waals surface area contributed by atoms with Crippen LogP contribution in [0.25, 0.3) is 0 Å². The Labute approximate surface area is 320 Å². The number of ether oxygens (including phenoxy) is 3. The van der Waals surface area contributed by atoms with Crippen LogP contribution in [0.1, 0.15) is 94.5 Å². The summed E-state index contributed by atoms with van der Waals surface area (Å²) in [4.78, 5) is 84.1. The van der Waals surface area contributed by atoms with Gasteiger partial charge in [0.2, 0.25) is 17.7 Å². The van der Waals surface area contributed by atoms with E-state index in [1.165, 1.54) is 26.0 Å². The Morgan fingerprint density at radius 1 is 0.855 bits per heavy atom. The number of aromatic amines is 1. The maximum atomic E-state index is 14.0. The number of nitrogens with zero attached hydrogens (tertiary/aromatic N) is 1. The molecule has 0 fully saturated rings. The number of ketones is 1. The molecular weight excluding hydrogens is 708 g/mol. The van der Waals surface area contributed by atoms with Crippen LogP contribution in [0.4, 0.5) is 0 Å². The summed E-state index contributed by atoms with van der Waals surface area (Å²) in [7, 11) is 2.94. The number of nitrogens with one attached hydrogen (secondary N) is 5. The van der Waals surface area contributed by atoms with Gasteiger partial charge in [-0.15, -0.1) is 0 Å². The normalized spacial score (nSPS) is 19.2. The van der Waals surface area contributed by atoms with E-state index in [0.717, 1.165) is 5.69 Å². The molecule has 1 aliphatic carbocycles. The van der Waals surface area contributed by atoms with E-state index in [4.69, 9.17) is 14.2 Å². The number of amides is 5. The van der Waals surface area contributed by atoms with Crippen LogP contribution in [-0.4, -0.2) is 91.1 Å². The van der Waals surface area contributed by atoms with E-state index in [1.807, 2.05) is 13.8 Å². The zero-order chi connectivity index (χ0) is 39.8. The lowest BCUT2D eigenvalue weighted by molar-refractivity contribution is -0.132. The second kappa shape index (κ2) is 18.0. The fourth-order valence-corrected chi connectivity index (χ4v) is 6.71. The van der Waals surface area contributed by atoms with Gasteiger partial charge in [-0.25, -0.2) is 0 Å². The summed E-state index contributed by atoms with van der Waals surface area (Å²) in [6, 6.07) is 8.08. The summed E-state index contributed by atoms with van der Waals surface area (Å²) in [5, 5.41) is 11.2. The molecule has 5 N–H and O–H groups in total. The first kappa shape index (κ1) is 40.3. The maximum absolute atomic E-state index is 14.0. The number of Topliss-reactive ketones (excluding diaryl/α,β-unsaturated/α-hetero) is 1. The first-order chi connectivity index (χ1) is 26.3. The molecule has 55 heavy (non-hydrogen) atoms. The van der Waals surface area contributed by atoms with Gasteiger partial charge in [-0.05, 0) is 80.5 Å². The van der Waals surface area contributed by atoms with Gasteiger partial charge >= 0.3 is 0 Å². The molecule has 3 aromatic rings. The van der Waals surface area contributed by atoms with E-state index in [9.17, 15) is 28.8 Å². The fourth-order valence-electron chi connectivity index (χ4n) is 6.71. The van der Waals surface area contributed by atoms with Crippen molar-refractivity contribution in [2.45, 2.75) is 78.4 Å². The summed E-state index contributed by atoms with van der Waals surface area (Å²) < 4.78 is 17.3. The number of fused-ring (bicyclic) bond motifs is 3. The van der Waals surface area contributed by atoms with Crippen LogP contribution in [0.2, 0.25) is 0 Å². The van der Waals surface area contributed by atoms with Crippen molar-refractivity contribution in [3.63, 3.8) is 0 Å². The second-order valence-electron chi connectivity index (χ2n) is 14.1. The molecule has 4 bridgehead atoms. The van der Waals surface area contributed by atoms with E-state index in [-0.39, 0.29) is 56.6 Å². The third-order valence-corrected chi connectivity index (χ3v) is 9.80. The highest BCUT2D eigenvalue weighted by atomic mass is 16.5. The Kier molecular flexibility index (Phi) is 13.2. The molecule has 2 aromatic carbocycles. The van der Waals surface area contributed by atoms with Gasteiger partial charge in [0, 0.05) is 55.8 Å². The quantitative estimate of drug-likeness (QED) is 0.264. The highest BCUT2D eigenvalue weighted by Crippen LogP contribution is 2.37. The van der Waals surface area contributed by atoms with Crippen molar-refractivity contribution in [3.05, 3.63) is 70.0 Å². The molecule has 3 aliphatic heterocycles. The minimum atomic E-state index is -0.942. The number of H-pyrrole nitrogens is 1. The van der Waals surface area contributed by atoms with E-state index in [0.29, 0.717) is 70.2 Å². The first-order valence-corrected chi connectivity index (χ1v) is 18.5. The van der Waals surface area contributed by atoms with Gasteiger partial charge in [0.15, 0.2) is 28.8 Å². The lowest BCUT2D eigenvalue weighted by Crippen LogP contribution is -2.54. The standard InChI is InChI=1S/C40H50N6O9/c1-22(2)35-39(51)42-21-25-12-14-29(31(19-25)53-5)55-30-15-13-26(20-32(30)54-6)38(50)41-16-18-46(17-8-11-33(48)43-24(4)37(49)45-35)40(52)36-23(3)34-27(44-36)9-7-10-28(34)47/h12-15,19-20,22,24,35,44H,7-11,16-18,21H2,1-6H3,(H,41,50)(H,42,51)(H,43,48)(H,45,49)/t24-,35+/m1/s1. The van der Waals surface area contributed by atoms with Gasteiger partial charge in [0.1, 0.15) is 17.8 Å². The second-order valence-corrected chi connectivity index (χ2v) is 14.1. The molecule has 0 spiro atoms. The van der Waals surface area contributed by atoms with Gasteiger partial charge in [0.25, 0.3) is 11.8 Å². The van der Waals surface area contributed by atoms with Crippen molar-refractivity contribution in [2.75, 3.05) is 33.9 Å². The van der Waals surface area contributed by atoms with Crippen LogP contribution >= 0.6 is 0 Å². The topological polar surface area (TPSA) is 197 Å². The van der Waals surface area contributed by atoms with E-state index in [1.54, 1.807) is 43.3 Å². The van der Waals surface area contributed by atoms with Crippen molar-refractivity contribution < 1.29 is 43.0 Å².